The van der Waals surface area contributed by atoms with Crippen LogP contribution in [0.1, 0.15) is 6.92 Å². The quantitative estimate of drug-likeness (QED) is 0.236. The van der Waals surface area contributed by atoms with Crippen LogP contribution in [0.15, 0.2) is 10.3 Å². The summed E-state index contributed by atoms with van der Waals surface area (Å²) in [7, 11) is 1.57. The van der Waals surface area contributed by atoms with Crippen LogP contribution in [0.3, 0.4) is 0 Å². The number of nitroso groups, excluding NO2 is 1. The minimum absolute atomic E-state index is 0.396. The lowest BCUT2D eigenvalue weighted by Crippen LogP contribution is -2.33. The Bertz CT molecular complexity index is 111. The molecule has 2 N–H and O–H groups in total. The molecule has 0 spiro atoms. The summed E-state index contributed by atoms with van der Waals surface area (Å²) >= 11 is 0. The lowest BCUT2D eigenvalue weighted by atomic mass is 10.7. The molecular formula is C4H10N4O. The minimum Gasteiger partial charge on any atom is -0.355 e. The molecular weight excluding hydrogens is 120 g/mol. The van der Waals surface area contributed by atoms with E-state index in [0.717, 1.165) is 6.54 Å². The Morgan fingerprint density at radius 3 is 2.67 bits per heavy atom. The van der Waals surface area contributed by atoms with Crippen molar-refractivity contribution in [3.05, 3.63) is 4.91 Å². The van der Waals surface area contributed by atoms with Crippen LogP contribution in [-0.2, 0) is 0 Å². The van der Waals surface area contributed by atoms with Gasteiger partial charge in [0.2, 0.25) is 5.96 Å². The van der Waals surface area contributed by atoms with E-state index in [2.05, 4.69) is 21.0 Å². The maximum absolute atomic E-state index is 9.57. The summed E-state index contributed by atoms with van der Waals surface area (Å²) < 4.78 is 0. The Hall–Kier alpha value is -1.13. The summed E-state index contributed by atoms with van der Waals surface area (Å²) in [5, 5.41) is 5.21. The van der Waals surface area contributed by atoms with Crippen LogP contribution in [0.25, 0.3) is 0 Å². The number of nitrogens with one attached hydrogen (secondary N) is 2. The number of hydrogen-bond acceptors (Lipinski definition) is 3. The average molecular weight is 130 g/mol. The molecule has 0 aliphatic heterocycles. The van der Waals surface area contributed by atoms with Crippen molar-refractivity contribution < 1.29 is 0 Å². The third-order valence-electron chi connectivity index (χ3n) is 0.719. The van der Waals surface area contributed by atoms with Gasteiger partial charge in [-0.15, -0.1) is 4.91 Å². The average Bonchev–Trinajstić information content (AvgIpc) is 1.88. The zero-order chi connectivity index (χ0) is 7.11. The van der Waals surface area contributed by atoms with Gasteiger partial charge in [-0.25, -0.2) is 5.43 Å². The summed E-state index contributed by atoms with van der Waals surface area (Å²) in [4.78, 5) is 13.2. The molecule has 0 rings (SSSR count). The molecule has 0 saturated carbocycles. The first kappa shape index (κ1) is 7.87. The molecule has 0 aromatic carbocycles. The zero-order valence-corrected chi connectivity index (χ0v) is 5.51. The highest BCUT2D eigenvalue weighted by Crippen LogP contribution is 1.64. The molecule has 0 atom stereocenters. The van der Waals surface area contributed by atoms with Crippen molar-refractivity contribution in [3.8, 4) is 0 Å². The second kappa shape index (κ2) is 5.02. The van der Waals surface area contributed by atoms with E-state index in [1.54, 1.807) is 7.05 Å². The maximum Gasteiger partial charge on any atom is 0.214 e. The summed E-state index contributed by atoms with van der Waals surface area (Å²) in [5.74, 6) is 0.396. The lowest BCUT2D eigenvalue weighted by Gasteiger charge is -2.00. The Labute approximate surface area is 53.5 Å². The van der Waals surface area contributed by atoms with Crippen LogP contribution < -0.4 is 10.7 Å². The first-order valence-electron chi connectivity index (χ1n) is 2.64. The number of rotatable bonds is 2. The fourth-order valence-corrected chi connectivity index (χ4v) is 0.379. The second-order valence-corrected chi connectivity index (χ2v) is 1.31. The maximum atomic E-state index is 9.57. The number of hydrogen-bond donors (Lipinski definition) is 2. The summed E-state index contributed by atoms with van der Waals surface area (Å²) in [5.41, 5.74) is 2.14. The van der Waals surface area contributed by atoms with Crippen molar-refractivity contribution in [1.82, 2.24) is 10.7 Å². The lowest BCUT2D eigenvalue weighted by molar-refractivity contribution is 0.867. The van der Waals surface area contributed by atoms with Crippen molar-refractivity contribution in [1.29, 1.82) is 0 Å². The highest BCUT2D eigenvalue weighted by atomic mass is 16.3. The van der Waals surface area contributed by atoms with E-state index < -0.39 is 0 Å². The predicted octanol–water partition coefficient (Wildman–Crippen LogP) is -0.147. The Kier molecular flexibility index (Phi) is 4.39. The number of nitrogens with zero attached hydrogens (tertiary/aromatic N) is 2. The van der Waals surface area contributed by atoms with E-state index in [-0.39, 0.29) is 0 Å². The normalized spacial score (nSPS) is 10.7. The molecule has 0 bridgehead atoms. The van der Waals surface area contributed by atoms with Gasteiger partial charge in [0.1, 0.15) is 0 Å². The van der Waals surface area contributed by atoms with Gasteiger partial charge in [-0.1, -0.05) is 0 Å². The Morgan fingerprint density at radius 1 is 1.67 bits per heavy atom. The van der Waals surface area contributed by atoms with Crippen LogP contribution in [-0.4, -0.2) is 19.6 Å². The first-order chi connectivity index (χ1) is 4.35. The summed E-state index contributed by atoms with van der Waals surface area (Å²) in [6, 6.07) is 0. The van der Waals surface area contributed by atoms with Crippen molar-refractivity contribution >= 4 is 5.96 Å². The van der Waals surface area contributed by atoms with Gasteiger partial charge >= 0.3 is 0 Å². The van der Waals surface area contributed by atoms with Gasteiger partial charge in [0.15, 0.2) is 0 Å². The highest BCUT2D eigenvalue weighted by molar-refractivity contribution is 5.79. The Balaban J connectivity index is 3.55. The van der Waals surface area contributed by atoms with Crippen molar-refractivity contribution in [3.63, 3.8) is 0 Å². The molecule has 0 aromatic rings. The summed E-state index contributed by atoms with van der Waals surface area (Å²) in [6.45, 7) is 2.62. The van der Waals surface area contributed by atoms with Gasteiger partial charge < -0.3 is 5.32 Å². The molecule has 0 radical (unpaired) electrons. The number of aliphatic imine (C=N–C) groups is 1. The van der Waals surface area contributed by atoms with Crippen molar-refractivity contribution in [2.24, 2.45) is 10.3 Å². The van der Waals surface area contributed by atoms with Gasteiger partial charge in [-0.05, 0) is 6.92 Å². The van der Waals surface area contributed by atoms with Gasteiger partial charge in [-0.2, -0.15) is 0 Å². The molecule has 0 unspecified atom stereocenters. The summed E-state index contributed by atoms with van der Waals surface area (Å²) in [6.07, 6.45) is 0. The molecule has 0 aliphatic carbocycles. The molecule has 0 saturated heterocycles. The third-order valence-corrected chi connectivity index (χ3v) is 0.719. The molecule has 0 fully saturated rings. The van der Waals surface area contributed by atoms with Gasteiger partial charge in [0.05, 0.1) is 5.29 Å². The molecule has 0 amide bonds. The van der Waals surface area contributed by atoms with Gasteiger partial charge in [0.25, 0.3) is 0 Å². The SMILES string of the molecule is CCN/C(=N/C)NN=O. The van der Waals surface area contributed by atoms with Crippen molar-refractivity contribution in [2.75, 3.05) is 13.6 Å². The monoisotopic (exact) mass is 130 g/mol. The molecule has 5 nitrogen and oxygen atoms in total. The van der Waals surface area contributed by atoms with Crippen LogP contribution >= 0.6 is 0 Å². The zero-order valence-electron chi connectivity index (χ0n) is 5.51. The second-order valence-electron chi connectivity index (χ2n) is 1.31. The molecule has 52 valence electrons. The molecule has 5 heteroatoms. The fourth-order valence-electron chi connectivity index (χ4n) is 0.379. The van der Waals surface area contributed by atoms with Gasteiger partial charge in [0, 0.05) is 13.6 Å². The first-order valence-corrected chi connectivity index (χ1v) is 2.64. The molecule has 9 heavy (non-hydrogen) atoms. The van der Waals surface area contributed by atoms with E-state index in [1.807, 2.05) is 6.92 Å². The minimum atomic E-state index is 0.396. The highest BCUT2D eigenvalue weighted by Gasteiger charge is 1.89. The van der Waals surface area contributed by atoms with Crippen molar-refractivity contribution in [2.45, 2.75) is 6.92 Å². The fraction of sp³-hybridized carbons (Fsp3) is 0.750. The third kappa shape index (κ3) is 3.45. The smallest absolute Gasteiger partial charge is 0.214 e. The topological polar surface area (TPSA) is 65.8 Å². The largest absolute Gasteiger partial charge is 0.355 e. The van der Waals surface area contributed by atoms with Crippen LogP contribution in [0.2, 0.25) is 0 Å². The standard InChI is InChI=1S/C4H10N4O/c1-3-6-4(5-2)7-8-9/h3H2,1-2H3,(H2,5,6,7,9). The van der Waals surface area contributed by atoms with E-state index in [4.69, 9.17) is 0 Å². The van der Waals surface area contributed by atoms with E-state index >= 15 is 0 Å². The van der Waals surface area contributed by atoms with E-state index in [1.165, 1.54) is 0 Å². The molecule has 0 heterocycles. The van der Waals surface area contributed by atoms with Gasteiger partial charge in [-0.3, -0.25) is 4.99 Å². The molecule has 0 aromatic heterocycles. The van der Waals surface area contributed by atoms with Crippen LogP contribution in [0, 0.1) is 4.91 Å². The molecule has 0 aliphatic rings. The predicted molar refractivity (Wildman–Crippen MR) is 36.0 cm³/mol. The van der Waals surface area contributed by atoms with Crippen LogP contribution in [0.5, 0.6) is 0 Å². The van der Waals surface area contributed by atoms with Crippen LogP contribution in [0.4, 0.5) is 0 Å². The van der Waals surface area contributed by atoms with E-state index in [9.17, 15) is 4.91 Å². The van der Waals surface area contributed by atoms with E-state index in [0.29, 0.717) is 5.96 Å². The number of guanidine groups is 1. The Morgan fingerprint density at radius 2 is 2.33 bits per heavy atom.